The average Bonchev–Trinajstić information content (AvgIpc) is 3.62. The molecule has 2 heterocycles. The summed E-state index contributed by atoms with van der Waals surface area (Å²) >= 11 is 6.30. The number of carbonyl (C=O) groups is 2. The van der Waals surface area contributed by atoms with Gasteiger partial charge < -0.3 is 23.8 Å². The second-order valence-electron chi connectivity index (χ2n) is 9.59. The highest BCUT2D eigenvalue weighted by molar-refractivity contribution is 6.32. The lowest BCUT2D eigenvalue weighted by Crippen LogP contribution is -2.20. The van der Waals surface area contributed by atoms with Crippen molar-refractivity contribution in [3.63, 3.8) is 0 Å². The molecule has 3 aromatic carbocycles. The van der Waals surface area contributed by atoms with Gasteiger partial charge in [-0.3, -0.25) is 9.59 Å². The molecule has 0 spiro atoms. The molecule has 9 nitrogen and oxygen atoms in total. The highest BCUT2D eigenvalue weighted by Crippen LogP contribution is 2.25. The molecule has 0 aliphatic rings. The smallest absolute Gasteiger partial charge is 0.307 e. The molecule has 43 heavy (non-hydrogen) atoms. The zero-order chi connectivity index (χ0) is 30.2. The molecule has 0 atom stereocenters. The highest BCUT2D eigenvalue weighted by atomic mass is 35.5. The van der Waals surface area contributed by atoms with Crippen molar-refractivity contribution in [1.82, 2.24) is 9.99 Å². The molecule has 0 bridgehead atoms. The highest BCUT2D eigenvalue weighted by Gasteiger charge is 2.12. The molecule has 0 fully saturated rings. The lowest BCUT2D eigenvalue weighted by molar-refractivity contribution is -0.118. The van der Waals surface area contributed by atoms with Crippen molar-refractivity contribution < 1.29 is 23.5 Å². The zero-order valence-electron chi connectivity index (χ0n) is 23.5. The maximum Gasteiger partial charge on any atom is 0.307 e. The number of aromatic nitrogens is 1. The van der Waals surface area contributed by atoms with Crippen molar-refractivity contribution in [1.29, 1.82) is 0 Å². The summed E-state index contributed by atoms with van der Waals surface area (Å²) in [6.45, 7) is 4.09. The number of hydrazone groups is 1. The van der Waals surface area contributed by atoms with Crippen molar-refractivity contribution in [2.24, 2.45) is 5.10 Å². The molecule has 0 unspecified atom stereocenters. The lowest BCUT2D eigenvalue weighted by atomic mass is 10.2. The molecular formula is C33H29ClN4O5. The molecule has 0 aliphatic carbocycles. The Morgan fingerprint density at radius 1 is 0.907 bits per heavy atom. The predicted octanol–water partition coefficient (Wildman–Crippen LogP) is 6.70. The molecule has 10 heteroatoms. The first-order chi connectivity index (χ1) is 20.9. The van der Waals surface area contributed by atoms with Crippen LogP contribution in [-0.4, -0.2) is 29.2 Å². The first-order valence-corrected chi connectivity index (χ1v) is 13.8. The Hall–Kier alpha value is -5.28. The summed E-state index contributed by atoms with van der Waals surface area (Å²) < 4.78 is 19.1. The third-order valence-corrected chi connectivity index (χ3v) is 6.68. The summed E-state index contributed by atoms with van der Waals surface area (Å²) in [5.74, 6) is 0.799. The Morgan fingerprint density at radius 2 is 1.65 bits per heavy atom. The van der Waals surface area contributed by atoms with Crippen LogP contribution in [0.15, 0.2) is 107 Å². The maximum atomic E-state index is 12.5. The molecule has 2 N–H and O–H groups in total. The van der Waals surface area contributed by atoms with Gasteiger partial charge in [0.1, 0.15) is 23.9 Å². The number of ether oxygens (including phenoxy) is 2. The van der Waals surface area contributed by atoms with Gasteiger partial charge in [-0.15, -0.1) is 0 Å². The number of nitrogens with one attached hydrogen (secondary N) is 2. The molecular weight excluding hydrogens is 568 g/mol. The standard InChI is InChI=1S/C33H29ClN4O5/c1-22-8-9-23(2)38(22)26-11-13-27(14-12-26)41-20-28-15-17-31(43-28)33(40)37-35-19-24-10-16-30(29(34)18-24)42-21-32(39)36-25-6-4-3-5-7-25/h3-19H,20-21H2,1-2H3,(H,36,39)(H,37,40)/b35-19+. The molecule has 0 radical (unpaired) electrons. The normalized spacial score (nSPS) is 11.0. The first-order valence-electron chi connectivity index (χ1n) is 13.4. The van der Waals surface area contributed by atoms with Crippen LogP contribution in [0.5, 0.6) is 11.5 Å². The van der Waals surface area contributed by atoms with Crippen LogP contribution in [0, 0.1) is 13.8 Å². The second-order valence-corrected chi connectivity index (χ2v) is 10.00. The van der Waals surface area contributed by atoms with E-state index in [9.17, 15) is 9.59 Å². The second kappa shape index (κ2) is 13.6. The van der Waals surface area contributed by atoms with Gasteiger partial charge in [0, 0.05) is 22.8 Å². The van der Waals surface area contributed by atoms with E-state index in [-0.39, 0.29) is 24.9 Å². The van der Waals surface area contributed by atoms with Gasteiger partial charge in [0.05, 0.1) is 11.2 Å². The predicted molar refractivity (Wildman–Crippen MR) is 165 cm³/mol. The Bertz CT molecular complexity index is 1720. The number of hydrogen-bond acceptors (Lipinski definition) is 6. The van der Waals surface area contributed by atoms with Gasteiger partial charge in [-0.1, -0.05) is 29.8 Å². The number of aryl methyl sites for hydroxylation is 2. The monoisotopic (exact) mass is 596 g/mol. The van der Waals surface area contributed by atoms with Gasteiger partial charge in [-0.2, -0.15) is 5.10 Å². The summed E-state index contributed by atoms with van der Waals surface area (Å²) in [7, 11) is 0. The summed E-state index contributed by atoms with van der Waals surface area (Å²) in [5.41, 5.74) is 7.09. The SMILES string of the molecule is Cc1ccc(C)n1-c1ccc(OCc2ccc(C(=O)N/N=C/c3ccc(OCC(=O)Nc4ccccc4)c(Cl)c3)o2)cc1. The van der Waals surface area contributed by atoms with Crippen LogP contribution in [0.25, 0.3) is 5.69 Å². The largest absolute Gasteiger partial charge is 0.486 e. The number of carbonyl (C=O) groups excluding carboxylic acids is 2. The number of furan rings is 1. The summed E-state index contributed by atoms with van der Waals surface area (Å²) in [6.07, 6.45) is 1.43. The Balaban J connectivity index is 1.08. The molecule has 2 amide bonds. The number of amides is 2. The van der Waals surface area contributed by atoms with E-state index in [0.717, 1.165) is 17.1 Å². The van der Waals surface area contributed by atoms with Crippen molar-refractivity contribution in [3.8, 4) is 17.2 Å². The number of benzene rings is 3. The number of hydrogen-bond donors (Lipinski definition) is 2. The third kappa shape index (κ3) is 7.72. The fourth-order valence-electron chi connectivity index (χ4n) is 4.30. The number of para-hydroxylation sites is 1. The quantitative estimate of drug-likeness (QED) is 0.130. The van der Waals surface area contributed by atoms with E-state index in [1.165, 1.54) is 6.21 Å². The minimum Gasteiger partial charge on any atom is -0.486 e. The van der Waals surface area contributed by atoms with E-state index in [1.54, 1.807) is 42.5 Å². The van der Waals surface area contributed by atoms with Crippen molar-refractivity contribution in [3.05, 3.63) is 131 Å². The van der Waals surface area contributed by atoms with Gasteiger partial charge in [0.25, 0.3) is 5.91 Å². The van der Waals surface area contributed by atoms with Crippen molar-refractivity contribution in [2.45, 2.75) is 20.5 Å². The van der Waals surface area contributed by atoms with Crippen molar-refractivity contribution >= 4 is 35.3 Å². The minimum absolute atomic E-state index is 0.0974. The molecule has 0 saturated heterocycles. The molecule has 218 valence electrons. The number of rotatable bonds is 11. The van der Waals surface area contributed by atoms with Crippen LogP contribution in [0.2, 0.25) is 5.02 Å². The van der Waals surface area contributed by atoms with E-state index < -0.39 is 5.91 Å². The van der Waals surface area contributed by atoms with E-state index >= 15 is 0 Å². The van der Waals surface area contributed by atoms with Crippen LogP contribution in [0.1, 0.15) is 33.3 Å². The summed E-state index contributed by atoms with van der Waals surface area (Å²) in [5, 5.41) is 7.00. The van der Waals surface area contributed by atoms with Crippen LogP contribution >= 0.6 is 11.6 Å². The fraction of sp³-hybridized carbons (Fsp3) is 0.121. The Morgan fingerprint density at radius 3 is 2.37 bits per heavy atom. The summed E-state index contributed by atoms with van der Waals surface area (Å²) in [6, 6.07) is 29.2. The summed E-state index contributed by atoms with van der Waals surface area (Å²) in [4.78, 5) is 24.6. The van der Waals surface area contributed by atoms with Gasteiger partial charge >= 0.3 is 5.91 Å². The van der Waals surface area contributed by atoms with Gasteiger partial charge in [-0.05, 0) is 98.3 Å². The van der Waals surface area contributed by atoms with Gasteiger partial charge in [0.15, 0.2) is 12.4 Å². The third-order valence-electron chi connectivity index (χ3n) is 6.38. The minimum atomic E-state index is -0.514. The van der Waals surface area contributed by atoms with E-state index in [4.69, 9.17) is 25.5 Å². The molecule has 0 aliphatic heterocycles. The molecule has 0 saturated carbocycles. The van der Waals surface area contributed by atoms with E-state index in [2.05, 4.69) is 46.4 Å². The molecule has 2 aromatic heterocycles. The fourth-order valence-corrected chi connectivity index (χ4v) is 4.54. The van der Waals surface area contributed by atoms with Crippen LogP contribution in [0.4, 0.5) is 5.69 Å². The van der Waals surface area contributed by atoms with Gasteiger partial charge in [0.2, 0.25) is 0 Å². The maximum absolute atomic E-state index is 12.5. The Labute approximate surface area is 253 Å². The topological polar surface area (TPSA) is 107 Å². The number of anilines is 1. The number of halogens is 1. The van der Waals surface area contributed by atoms with Gasteiger partial charge in [-0.25, -0.2) is 5.43 Å². The Kier molecular flexibility index (Phi) is 9.23. The number of nitrogens with zero attached hydrogens (tertiary/aromatic N) is 2. The lowest BCUT2D eigenvalue weighted by Gasteiger charge is -2.10. The first kappa shape index (κ1) is 29.2. The molecule has 5 rings (SSSR count). The van der Waals surface area contributed by atoms with Crippen LogP contribution in [-0.2, 0) is 11.4 Å². The van der Waals surface area contributed by atoms with E-state index in [0.29, 0.717) is 33.5 Å². The van der Waals surface area contributed by atoms with Crippen LogP contribution in [0.3, 0.4) is 0 Å². The van der Waals surface area contributed by atoms with Crippen molar-refractivity contribution in [2.75, 3.05) is 11.9 Å². The van der Waals surface area contributed by atoms with E-state index in [1.807, 2.05) is 42.5 Å². The van der Waals surface area contributed by atoms with Crippen LogP contribution < -0.4 is 20.2 Å². The molecule has 5 aromatic rings. The average molecular weight is 597 g/mol. The zero-order valence-corrected chi connectivity index (χ0v) is 24.3.